The SMILES string of the molecule is CC(=O)OC1[C@@H](OC(=O)/C=C/c2ccc(O)cc2)C(C)O[C@@H](Oc2c(-c3ccc(O)cc3)oc3cc(O)cc(O)c3c2=O)[C@H]1OC(C)=O. The van der Waals surface area contributed by atoms with Crippen molar-refractivity contribution < 1.29 is 62.9 Å². The van der Waals surface area contributed by atoms with Crippen molar-refractivity contribution in [2.45, 2.75) is 51.5 Å². The molecule has 0 bridgehead atoms. The highest BCUT2D eigenvalue weighted by atomic mass is 16.7. The Bertz CT molecular complexity index is 1930. The first-order chi connectivity index (χ1) is 22.8. The van der Waals surface area contributed by atoms with Crippen LogP contribution in [0.15, 0.2) is 76.0 Å². The van der Waals surface area contributed by atoms with Crippen molar-refractivity contribution in [3.8, 4) is 40.1 Å². The molecule has 3 aromatic carbocycles. The van der Waals surface area contributed by atoms with Crippen LogP contribution in [0, 0.1) is 0 Å². The Kier molecular flexibility index (Phi) is 9.56. The van der Waals surface area contributed by atoms with Gasteiger partial charge in [-0.2, -0.15) is 0 Å². The van der Waals surface area contributed by atoms with E-state index in [1.807, 2.05) is 0 Å². The zero-order chi connectivity index (χ0) is 34.7. The molecule has 1 fully saturated rings. The molecule has 0 aliphatic carbocycles. The number of esters is 3. The lowest BCUT2D eigenvalue weighted by molar-refractivity contribution is -0.280. The second kappa shape index (κ2) is 13.8. The standard InChI is InChI=1S/C34H30O14/c1-16-29(47-26(41)13-6-19-4-9-21(37)10-5-19)32(44-17(2)35)33(45-18(3)36)34(43-16)48-31-28(42)27-24(40)14-23(39)15-25(27)46-30(31)20-7-11-22(38)12-8-20/h4-16,29,32-34,37-40H,1-3H3/b13-6+/t16?,29-,32?,33-,34-/m0/s1. The summed E-state index contributed by atoms with van der Waals surface area (Å²) in [6.45, 7) is 3.62. The minimum Gasteiger partial charge on any atom is -0.508 e. The van der Waals surface area contributed by atoms with Crippen LogP contribution in [-0.4, -0.2) is 69.0 Å². The van der Waals surface area contributed by atoms with E-state index in [-0.39, 0.29) is 33.8 Å². The number of aromatic hydroxyl groups is 4. The number of ether oxygens (including phenoxy) is 5. The van der Waals surface area contributed by atoms with Gasteiger partial charge in [0, 0.05) is 37.6 Å². The van der Waals surface area contributed by atoms with Crippen LogP contribution in [0.5, 0.6) is 28.7 Å². The molecule has 4 N–H and O–H groups in total. The van der Waals surface area contributed by atoms with Gasteiger partial charge in [-0.25, -0.2) is 4.79 Å². The molecule has 48 heavy (non-hydrogen) atoms. The first-order valence-electron chi connectivity index (χ1n) is 14.5. The second-order valence-corrected chi connectivity index (χ2v) is 10.8. The van der Waals surface area contributed by atoms with Gasteiger partial charge in [0.2, 0.25) is 23.6 Å². The lowest BCUT2D eigenvalue weighted by Crippen LogP contribution is -2.62. The molecule has 14 heteroatoms. The topological polar surface area (TPSA) is 208 Å². The molecular formula is C34H30O14. The Morgan fingerprint density at radius 1 is 0.771 bits per heavy atom. The van der Waals surface area contributed by atoms with Crippen LogP contribution in [0.3, 0.4) is 0 Å². The zero-order valence-electron chi connectivity index (χ0n) is 25.7. The molecule has 14 nitrogen and oxygen atoms in total. The Morgan fingerprint density at radius 2 is 1.38 bits per heavy atom. The van der Waals surface area contributed by atoms with Crippen LogP contribution >= 0.6 is 0 Å². The van der Waals surface area contributed by atoms with Gasteiger partial charge in [0.1, 0.15) is 34.0 Å². The smallest absolute Gasteiger partial charge is 0.331 e. The number of hydrogen-bond donors (Lipinski definition) is 4. The van der Waals surface area contributed by atoms with E-state index in [0.29, 0.717) is 5.56 Å². The van der Waals surface area contributed by atoms with Crippen molar-refractivity contribution in [3.63, 3.8) is 0 Å². The Hall–Kier alpha value is -6.02. The summed E-state index contributed by atoms with van der Waals surface area (Å²) in [5, 5.41) is 39.5. The fraction of sp³-hybridized carbons (Fsp3) is 0.235. The fourth-order valence-electron chi connectivity index (χ4n) is 5.09. The third-order valence-corrected chi connectivity index (χ3v) is 7.17. The van der Waals surface area contributed by atoms with E-state index < -0.39 is 71.3 Å². The van der Waals surface area contributed by atoms with E-state index in [9.17, 15) is 39.6 Å². The highest BCUT2D eigenvalue weighted by molar-refractivity contribution is 5.88. The maximum Gasteiger partial charge on any atom is 0.331 e. The third kappa shape index (κ3) is 7.34. The summed E-state index contributed by atoms with van der Waals surface area (Å²) in [5.74, 6) is -4.38. The predicted molar refractivity (Wildman–Crippen MR) is 166 cm³/mol. The van der Waals surface area contributed by atoms with Gasteiger partial charge in [-0.3, -0.25) is 14.4 Å². The van der Waals surface area contributed by atoms with Crippen LogP contribution in [0.2, 0.25) is 0 Å². The molecule has 0 spiro atoms. The maximum absolute atomic E-state index is 13.9. The summed E-state index contributed by atoms with van der Waals surface area (Å²) in [4.78, 5) is 51.3. The summed E-state index contributed by atoms with van der Waals surface area (Å²) in [5.41, 5.74) is -0.319. The second-order valence-electron chi connectivity index (χ2n) is 10.8. The van der Waals surface area contributed by atoms with Crippen molar-refractivity contribution in [1.82, 2.24) is 0 Å². The number of carbonyl (C=O) groups excluding carboxylic acids is 3. The largest absolute Gasteiger partial charge is 0.508 e. The fourth-order valence-corrected chi connectivity index (χ4v) is 5.09. The zero-order valence-corrected chi connectivity index (χ0v) is 25.7. The molecule has 5 atom stereocenters. The Labute approximate surface area is 271 Å². The first kappa shape index (κ1) is 33.3. The van der Waals surface area contributed by atoms with Gasteiger partial charge in [-0.1, -0.05) is 12.1 Å². The maximum atomic E-state index is 13.9. The van der Waals surface area contributed by atoms with Crippen LogP contribution in [0.25, 0.3) is 28.4 Å². The molecule has 0 radical (unpaired) electrons. The van der Waals surface area contributed by atoms with Gasteiger partial charge in [0.15, 0.2) is 18.0 Å². The highest BCUT2D eigenvalue weighted by Gasteiger charge is 2.52. The number of rotatable bonds is 8. The Morgan fingerprint density at radius 3 is 2.00 bits per heavy atom. The minimum absolute atomic E-state index is 0.0353. The van der Waals surface area contributed by atoms with Gasteiger partial charge in [0.25, 0.3) is 0 Å². The summed E-state index contributed by atoms with van der Waals surface area (Å²) >= 11 is 0. The molecular weight excluding hydrogens is 632 g/mol. The molecule has 0 saturated carbocycles. The van der Waals surface area contributed by atoms with E-state index in [4.69, 9.17) is 28.1 Å². The lowest BCUT2D eigenvalue weighted by Gasteiger charge is -2.43. The van der Waals surface area contributed by atoms with Gasteiger partial charge < -0.3 is 48.5 Å². The van der Waals surface area contributed by atoms with Crippen molar-refractivity contribution in [1.29, 1.82) is 0 Å². The molecule has 1 aliphatic heterocycles. The molecule has 1 aromatic heterocycles. The molecule has 1 aliphatic rings. The van der Waals surface area contributed by atoms with Crippen LogP contribution in [0.1, 0.15) is 26.3 Å². The number of fused-ring (bicyclic) bond motifs is 1. The number of benzene rings is 3. The minimum atomic E-state index is -1.67. The van der Waals surface area contributed by atoms with Crippen LogP contribution in [0.4, 0.5) is 0 Å². The van der Waals surface area contributed by atoms with Gasteiger partial charge >= 0.3 is 17.9 Å². The lowest BCUT2D eigenvalue weighted by atomic mass is 9.98. The van der Waals surface area contributed by atoms with E-state index in [1.54, 1.807) is 12.1 Å². The molecule has 1 saturated heterocycles. The van der Waals surface area contributed by atoms with Crippen molar-refractivity contribution >= 4 is 35.0 Å². The van der Waals surface area contributed by atoms with E-state index in [1.165, 1.54) is 49.4 Å². The normalized spacial score (nSPS) is 20.7. The Balaban J connectivity index is 1.55. The van der Waals surface area contributed by atoms with Gasteiger partial charge in [-0.05, 0) is 55.0 Å². The summed E-state index contributed by atoms with van der Waals surface area (Å²) < 4.78 is 34.5. The van der Waals surface area contributed by atoms with Crippen molar-refractivity contribution in [3.05, 3.63) is 82.5 Å². The molecule has 2 heterocycles. The number of phenols is 4. The molecule has 0 amide bonds. The van der Waals surface area contributed by atoms with Crippen LogP contribution < -0.4 is 10.2 Å². The first-order valence-corrected chi connectivity index (χ1v) is 14.5. The van der Waals surface area contributed by atoms with E-state index in [0.717, 1.165) is 32.1 Å². The summed E-state index contributed by atoms with van der Waals surface area (Å²) in [7, 11) is 0. The average Bonchev–Trinajstić information content (AvgIpc) is 3.01. The van der Waals surface area contributed by atoms with Gasteiger partial charge in [-0.15, -0.1) is 0 Å². The number of hydrogen-bond acceptors (Lipinski definition) is 14. The van der Waals surface area contributed by atoms with Crippen molar-refractivity contribution in [2.75, 3.05) is 0 Å². The highest BCUT2D eigenvalue weighted by Crippen LogP contribution is 2.38. The number of phenolic OH excluding ortho intramolecular Hbond substituents is 4. The van der Waals surface area contributed by atoms with Crippen molar-refractivity contribution in [2.24, 2.45) is 0 Å². The predicted octanol–water partition coefficient (Wildman–Crippen LogP) is 3.89. The van der Waals surface area contributed by atoms with E-state index in [2.05, 4.69) is 0 Å². The quantitative estimate of drug-likeness (QED) is 0.120. The third-order valence-electron chi connectivity index (χ3n) is 7.17. The van der Waals surface area contributed by atoms with Gasteiger partial charge in [0.05, 0.1) is 6.10 Å². The molecule has 250 valence electrons. The summed E-state index contributed by atoms with van der Waals surface area (Å²) in [6, 6.07) is 13.5. The monoisotopic (exact) mass is 662 g/mol. The summed E-state index contributed by atoms with van der Waals surface area (Å²) in [6.07, 6.45) is -4.70. The molecule has 4 aromatic rings. The van der Waals surface area contributed by atoms with Crippen LogP contribution in [-0.2, 0) is 33.3 Å². The molecule has 2 unspecified atom stereocenters. The average molecular weight is 663 g/mol. The molecule has 5 rings (SSSR count). The number of carbonyl (C=O) groups is 3. The van der Waals surface area contributed by atoms with E-state index >= 15 is 0 Å².